The van der Waals surface area contributed by atoms with Gasteiger partial charge in [0.1, 0.15) is 0 Å². The molecule has 2 N–H and O–H groups in total. The van der Waals surface area contributed by atoms with Crippen molar-refractivity contribution < 1.29 is 4.74 Å². The smallest absolute Gasteiger partial charge is 0.0611 e. The summed E-state index contributed by atoms with van der Waals surface area (Å²) in [6.07, 6.45) is 8.49. The van der Waals surface area contributed by atoms with E-state index in [1.54, 1.807) is 0 Å². The normalized spacial score (nSPS) is 37.2. The van der Waals surface area contributed by atoms with Gasteiger partial charge in [-0.1, -0.05) is 0 Å². The topological polar surface area (TPSA) is 38.5 Å². The van der Waals surface area contributed by atoms with Gasteiger partial charge in [0.25, 0.3) is 0 Å². The molecule has 0 atom stereocenters. The summed E-state index contributed by atoms with van der Waals surface area (Å²) in [6.45, 7) is 5.06. The highest BCUT2D eigenvalue weighted by molar-refractivity contribution is 5.09. The summed E-state index contributed by atoms with van der Waals surface area (Å²) < 4.78 is 5.72. The number of nitrogens with zero attached hydrogens (tertiary/aromatic N) is 1. The highest BCUT2D eigenvalue weighted by atomic mass is 16.5. The van der Waals surface area contributed by atoms with Crippen LogP contribution in [0.15, 0.2) is 0 Å². The lowest BCUT2D eigenvalue weighted by molar-refractivity contribution is -0.104. The van der Waals surface area contributed by atoms with E-state index < -0.39 is 0 Å². The molecule has 3 nitrogen and oxygen atoms in total. The molecule has 0 bridgehead atoms. The average molecular weight is 238 g/mol. The Morgan fingerprint density at radius 2 is 1.94 bits per heavy atom. The van der Waals surface area contributed by atoms with Crippen molar-refractivity contribution in [2.75, 3.05) is 19.7 Å². The molecule has 0 aromatic rings. The Hall–Kier alpha value is -0.120. The Bertz CT molecular complexity index is 267. The molecule has 98 valence electrons. The molecule has 3 saturated carbocycles. The fraction of sp³-hybridized carbons (Fsp3) is 1.00. The average Bonchev–Trinajstić information content (AvgIpc) is 3.14. The summed E-state index contributed by atoms with van der Waals surface area (Å²) in [7, 11) is 0. The van der Waals surface area contributed by atoms with Crippen LogP contribution in [0.25, 0.3) is 0 Å². The van der Waals surface area contributed by atoms with E-state index in [1.807, 2.05) is 0 Å². The zero-order valence-electron chi connectivity index (χ0n) is 11.0. The Kier molecular flexibility index (Phi) is 3.18. The lowest BCUT2D eigenvalue weighted by Gasteiger charge is -2.54. The summed E-state index contributed by atoms with van der Waals surface area (Å²) in [4.78, 5) is 2.76. The Balaban J connectivity index is 1.61. The third-order valence-corrected chi connectivity index (χ3v) is 4.75. The number of ether oxygens (including phenoxy) is 1. The van der Waals surface area contributed by atoms with Crippen molar-refractivity contribution >= 4 is 0 Å². The molecule has 0 saturated heterocycles. The molecule has 0 heterocycles. The third-order valence-electron chi connectivity index (χ3n) is 4.75. The molecular formula is C14H26N2O. The maximum atomic E-state index is 6.09. The maximum absolute atomic E-state index is 6.09. The van der Waals surface area contributed by atoms with E-state index in [1.165, 1.54) is 45.1 Å². The molecule has 0 aliphatic heterocycles. The highest BCUT2D eigenvalue weighted by Crippen LogP contribution is 2.46. The van der Waals surface area contributed by atoms with Gasteiger partial charge in [-0.3, -0.25) is 4.90 Å². The number of hydrogen-bond donors (Lipinski definition) is 1. The Labute approximate surface area is 105 Å². The minimum atomic E-state index is 0.295. The fourth-order valence-electron chi connectivity index (χ4n) is 3.35. The van der Waals surface area contributed by atoms with Crippen molar-refractivity contribution in [2.24, 2.45) is 11.7 Å². The molecule has 3 heteroatoms. The molecule has 0 amide bonds. The molecule has 17 heavy (non-hydrogen) atoms. The first kappa shape index (κ1) is 11.9. The van der Waals surface area contributed by atoms with Crippen LogP contribution in [0.2, 0.25) is 0 Å². The molecule has 3 aliphatic rings. The molecular weight excluding hydrogens is 212 g/mol. The maximum Gasteiger partial charge on any atom is 0.0611 e. The number of nitrogens with two attached hydrogens (primary N) is 1. The highest BCUT2D eigenvalue weighted by Gasteiger charge is 2.52. The summed E-state index contributed by atoms with van der Waals surface area (Å²) in [5.74, 6) is 0.977. The molecule has 3 rings (SSSR count). The van der Waals surface area contributed by atoms with Gasteiger partial charge in [-0.25, -0.2) is 0 Å². The van der Waals surface area contributed by atoms with Crippen LogP contribution in [0.4, 0.5) is 0 Å². The van der Waals surface area contributed by atoms with Gasteiger partial charge in [0.15, 0.2) is 0 Å². The van der Waals surface area contributed by atoms with Crippen LogP contribution in [0.5, 0.6) is 0 Å². The predicted octanol–water partition coefficient (Wildman–Crippen LogP) is 1.76. The molecule has 3 aliphatic carbocycles. The minimum absolute atomic E-state index is 0.295. The molecule has 0 aromatic heterocycles. The van der Waals surface area contributed by atoms with E-state index in [-0.39, 0.29) is 0 Å². The van der Waals surface area contributed by atoms with Crippen LogP contribution in [0.3, 0.4) is 0 Å². The third kappa shape index (κ3) is 2.38. The first-order chi connectivity index (χ1) is 8.27. The van der Waals surface area contributed by atoms with Gasteiger partial charge in [0, 0.05) is 31.3 Å². The molecule has 0 spiro atoms. The van der Waals surface area contributed by atoms with E-state index in [0.717, 1.165) is 25.1 Å². The zero-order valence-corrected chi connectivity index (χ0v) is 11.0. The quantitative estimate of drug-likeness (QED) is 0.734. The summed E-state index contributed by atoms with van der Waals surface area (Å²) >= 11 is 0. The summed E-state index contributed by atoms with van der Waals surface area (Å²) in [5.41, 5.74) is 6.39. The number of hydrogen-bond acceptors (Lipinski definition) is 3. The summed E-state index contributed by atoms with van der Waals surface area (Å²) in [5, 5.41) is 0. The van der Waals surface area contributed by atoms with Crippen LogP contribution in [-0.4, -0.2) is 42.3 Å². The van der Waals surface area contributed by atoms with E-state index in [4.69, 9.17) is 10.5 Å². The fourth-order valence-corrected chi connectivity index (χ4v) is 3.35. The second-order valence-corrected chi connectivity index (χ2v) is 6.24. The molecule has 3 fully saturated rings. The van der Waals surface area contributed by atoms with Crippen LogP contribution in [0.1, 0.15) is 45.4 Å². The van der Waals surface area contributed by atoms with Gasteiger partial charge in [-0.05, 0) is 51.4 Å². The second-order valence-electron chi connectivity index (χ2n) is 6.24. The summed E-state index contributed by atoms with van der Waals surface area (Å²) in [6, 6.07) is 0.849. The van der Waals surface area contributed by atoms with Gasteiger partial charge >= 0.3 is 0 Å². The van der Waals surface area contributed by atoms with Crippen molar-refractivity contribution in [1.82, 2.24) is 4.90 Å². The lowest BCUT2D eigenvalue weighted by Crippen LogP contribution is -2.65. The lowest BCUT2D eigenvalue weighted by atomic mass is 9.72. The van der Waals surface area contributed by atoms with Crippen LogP contribution >= 0.6 is 0 Å². The first-order valence-corrected chi connectivity index (χ1v) is 7.36. The van der Waals surface area contributed by atoms with E-state index in [9.17, 15) is 0 Å². The predicted molar refractivity (Wildman–Crippen MR) is 68.9 cm³/mol. The SMILES string of the molecule is CCOC1CC(CN)(N(CC2CC2)C2CC2)C1. The molecule has 0 aromatic carbocycles. The van der Waals surface area contributed by atoms with Crippen LogP contribution in [-0.2, 0) is 4.74 Å². The first-order valence-electron chi connectivity index (χ1n) is 7.36. The Morgan fingerprint density at radius 3 is 2.41 bits per heavy atom. The van der Waals surface area contributed by atoms with E-state index in [0.29, 0.717) is 11.6 Å². The molecule has 0 unspecified atom stereocenters. The molecule has 0 radical (unpaired) electrons. The number of rotatable bonds is 7. The van der Waals surface area contributed by atoms with Gasteiger partial charge < -0.3 is 10.5 Å². The van der Waals surface area contributed by atoms with Crippen molar-refractivity contribution in [3.8, 4) is 0 Å². The van der Waals surface area contributed by atoms with Crippen molar-refractivity contribution in [3.05, 3.63) is 0 Å². The minimum Gasteiger partial charge on any atom is -0.378 e. The standard InChI is InChI=1S/C14H26N2O/c1-2-17-13-7-14(8-13,10-15)16(12-5-6-12)9-11-3-4-11/h11-13H,2-10,15H2,1H3. The van der Waals surface area contributed by atoms with Gasteiger partial charge in [-0.15, -0.1) is 0 Å². The van der Waals surface area contributed by atoms with E-state index >= 15 is 0 Å². The largest absolute Gasteiger partial charge is 0.378 e. The Morgan fingerprint density at radius 1 is 1.24 bits per heavy atom. The van der Waals surface area contributed by atoms with Gasteiger partial charge in [0.2, 0.25) is 0 Å². The monoisotopic (exact) mass is 238 g/mol. The van der Waals surface area contributed by atoms with Crippen LogP contribution in [0, 0.1) is 5.92 Å². The van der Waals surface area contributed by atoms with Crippen molar-refractivity contribution in [3.63, 3.8) is 0 Å². The van der Waals surface area contributed by atoms with E-state index in [2.05, 4.69) is 11.8 Å². The van der Waals surface area contributed by atoms with Gasteiger partial charge in [0.05, 0.1) is 6.10 Å². The van der Waals surface area contributed by atoms with Crippen molar-refractivity contribution in [1.29, 1.82) is 0 Å². The van der Waals surface area contributed by atoms with Crippen molar-refractivity contribution in [2.45, 2.75) is 63.1 Å². The zero-order chi connectivity index (χ0) is 11.9. The second kappa shape index (κ2) is 4.52. The van der Waals surface area contributed by atoms with Crippen LogP contribution < -0.4 is 5.73 Å². The van der Waals surface area contributed by atoms with Gasteiger partial charge in [-0.2, -0.15) is 0 Å².